The van der Waals surface area contributed by atoms with Gasteiger partial charge in [-0.15, -0.1) is 0 Å². The fourth-order valence-corrected chi connectivity index (χ4v) is 5.82. The van der Waals surface area contributed by atoms with E-state index in [0.717, 1.165) is 35.4 Å². The lowest BCUT2D eigenvalue weighted by atomic mass is 9.94. The number of ether oxygens (including phenoxy) is 1. The summed E-state index contributed by atoms with van der Waals surface area (Å²) >= 11 is 0. The van der Waals surface area contributed by atoms with Crippen LogP contribution in [0.5, 0.6) is 5.75 Å². The molecule has 2 aliphatic rings. The van der Waals surface area contributed by atoms with Gasteiger partial charge in [0, 0.05) is 31.2 Å². The smallest absolute Gasteiger partial charge is 0.243 e. The van der Waals surface area contributed by atoms with Crippen LogP contribution >= 0.6 is 0 Å². The Balaban J connectivity index is 1.45. The van der Waals surface area contributed by atoms with Crippen LogP contribution in [0.15, 0.2) is 47.4 Å². The molecule has 0 saturated carbocycles. The first kappa shape index (κ1) is 20.9. The van der Waals surface area contributed by atoms with Crippen LogP contribution < -0.4 is 9.64 Å². The standard InChI is InChI=1S/C23H28N2O4S/c1-17-5-8-21(9-6-17)30(27,28)24-14-11-18(12-15-24)23(26)25-13-3-4-19-16-20(29-2)7-10-22(19)25/h5-10,16,18H,3-4,11-15H2,1-2H3. The van der Waals surface area contributed by atoms with Crippen LogP contribution in [-0.4, -0.2) is 45.4 Å². The van der Waals surface area contributed by atoms with Crippen LogP contribution in [0.1, 0.15) is 30.4 Å². The first-order chi connectivity index (χ1) is 14.4. The molecule has 0 aromatic heterocycles. The van der Waals surface area contributed by atoms with Crippen molar-refractivity contribution in [3.63, 3.8) is 0 Å². The van der Waals surface area contributed by atoms with Crippen molar-refractivity contribution in [1.29, 1.82) is 0 Å². The number of piperidine rings is 1. The molecule has 1 saturated heterocycles. The third-order valence-corrected chi connectivity index (χ3v) is 8.05. The third-order valence-electron chi connectivity index (χ3n) is 6.13. The van der Waals surface area contributed by atoms with Gasteiger partial charge in [0.1, 0.15) is 5.75 Å². The van der Waals surface area contributed by atoms with Crippen LogP contribution in [0.2, 0.25) is 0 Å². The summed E-state index contributed by atoms with van der Waals surface area (Å²) in [4.78, 5) is 15.5. The largest absolute Gasteiger partial charge is 0.497 e. The van der Waals surface area contributed by atoms with Crippen molar-refractivity contribution in [2.24, 2.45) is 5.92 Å². The number of hydrogen-bond donors (Lipinski definition) is 0. The highest BCUT2D eigenvalue weighted by molar-refractivity contribution is 7.89. The maximum Gasteiger partial charge on any atom is 0.243 e. The molecule has 2 heterocycles. The maximum atomic E-state index is 13.3. The lowest BCUT2D eigenvalue weighted by Crippen LogP contribution is -2.45. The number of carbonyl (C=O) groups excluding carboxylic acids is 1. The minimum absolute atomic E-state index is 0.105. The minimum Gasteiger partial charge on any atom is -0.497 e. The van der Waals surface area contributed by atoms with E-state index < -0.39 is 10.0 Å². The quantitative estimate of drug-likeness (QED) is 0.749. The summed E-state index contributed by atoms with van der Waals surface area (Å²) in [6.07, 6.45) is 2.95. The zero-order chi connectivity index (χ0) is 21.3. The van der Waals surface area contributed by atoms with Crippen molar-refractivity contribution in [2.75, 3.05) is 31.6 Å². The van der Waals surface area contributed by atoms with Crippen molar-refractivity contribution in [2.45, 2.75) is 37.5 Å². The lowest BCUT2D eigenvalue weighted by molar-refractivity contribution is -0.123. The first-order valence-electron chi connectivity index (χ1n) is 10.5. The van der Waals surface area contributed by atoms with Crippen molar-refractivity contribution in [3.05, 3.63) is 53.6 Å². The number of amides is 1. The molecule has 160 valence electrons. The zero-order valence-corrected chi connectivity index (χ0v) is 18.3. The zero-order valence-electron chi connectivity index (χ0n) is 17.5. The van der Waals surface area contributed by atoms with Crippen LogP contribution in [0, 0.1) is 12.8 Å². The van der Waals surface area contributed by atoms with Crippen LogP contribution in [0.3, 0.4) is 0 Å². The van der Waals surface area contributed by atoms with Gasteiger partial charge in [0.05, 0.1) is 12.0 Å². The van der Waals surface area contributed by atoms with Gasteiger partial charge in [0.25, 0.3) is 0 Å². The molecule has 1 fully saturated rings. The average Bonchev–Trinajstić information content (AvgIpc) is 2.78. The predicted octanol–water partition coefficient (Wildman–Crippen LogP) is 3.38. The molecule has 30 heavy (non-hydrogen) atoms. The Labute approximate surface area is 178 Å². The first-order valence-corrected chi connectivity index (χ1v) is 11.9. The molecule has 0 aliphatic carbocycles. The summed E-state index contributed by atoms with van der Waals surface area (Å²) in [7, 11) is -1.87. The predicted molar refractivity (Wildman–Crippen MR) is 116 cm³/mol. The Kier molecular flexibility index (Phi) is 5.84. The number of nitrogens with zero attached hydrogens (tertiary/aromatic N) is 2. The molecular weight excluding hydrogens is 400 g/mol. The second kappa shape index (κ2) is 8.40. The second-order valence-corrected chi connectivity index (χ2v) is 10.0. The van der Waals surface area contributed by atoms with Crippen molar-refractivity contribution < 1.29 is 17.9 Å². The molecular formula is C23H28N2O4S. The van der Waals surface area contributed by atoms with Gasteiger partial charge in [0.2, 0.25) is 15.9 Å². The third kappa shape index (κ3) is 3.96. The molecule has 0 radical (unpaired) electrons. The number of anilines is 1. The van der Waals surface area contributed by atoms with E-state index >= 15 is 0 Å². The fourth-order valence-electron chi connectivity index (χ4n) is 4.35. The van der Waals surface area contributed by atoms with Gasteiger partial charge >= 0.3 is 0 Å². The minimum atomic E-state index is -3.51. The molecule has 2 aliphatic heterocycles. The van der Waals surface area contributed by atoms with E-state index in [2.05, 4.69) is 0 Å². The Hall–Kier alpha value is -2.38. The van der Waals surface area contributed by atoms with E-state index in [9.17, 15) is 13.2 Å². The Morgan fingerprint density at radius 1 is 1.03 bits per heavy atom. The summed E-state index contributed by atoms with van der Waals surface area (Å²) in [5.41, 5.74) is 3.12. The van der Waals surface area contributed by atoms with Gasteiger partial charge in [-0.05, 0) is 68.5 Å². The summed E-state index contributed by atoms with van der Waals surface area (Å²) in [6.45, 7) is 3.38. The van der Waals surface area contributed by atoms with Crippen LogP contribution in [0.4, 0.5) is 5.69 Å². The molecule has 0 bridgehead atoms. The average molecular weight is 429 g/mol. The molecule has 0 N–H and O–H groups in total. The number of fused-ring (bicyclic) bond motifs is 1. The van der Waals surface area contributed by atoms with E-state index in [-0.39, 0.29) is 11.8 Å². The molecule has 1 amide bonds. The number of aryl methyl sites for hydroxylation is 2. The molecule has 6 nitrogen and oxygen atoms in total. The summed E-state index contributed by atoms with van der Waals surface area (Å²) in [6, 6.07) is 12.8. The van der Waals surface area contributed by atoms with Gasteiger partial charge in [-0.3, -0.25) is 4.79 Å². The highest BCUT2D eigenvalue weighted by atomic mass is 32.2. The van der Waals surface area contributed by atoms with Crippen molar-refractivity contribution in [1.82, 2.24) is 4.31 Å². The lowest BCUT2D eigenvalue weighted by Gasteiger charge is -2.36. The molecule has 0 spiro atoms. The van der Waals surface area contributed by atoms with E-state index in [1.54, 1.807) is 19.2 Å². The van der Waals surface area contributed by atoms with E-state index in [0.29, 0.717) is 37.4 Å². The number of carbonyl (C=O) groups is 1. The number of rotatable bonds is 4. The molecule has 2 aromatic rings. The van der Waals surface area contributed by atoms with Crippen molar-refractivity contribution >= 4 is 21.6 Å². The van der Waals surface area contributed by atoms with Crippen LogP contribution in [0.25, 0.3) is 0 Å². The number of hydrogen-bond acceptors (Lipinski definition) is 4. The summed E-state index contributed by atoms with van der Waals surface area (Å²) < 4.78 is 32.7. The number of methoxy groups -OCH3 is 1. The summed E-state index contributed by atoms with van der Waals surface area (Å²) in [5, 5.41) is 0. The van der Waals surface area contributed by atoms with Gasteiger partial charge < -0.3 is 9.64 Å². The molecule has 0 atom stereocenters. The Morgan fingerprint density at radius 2 is 1.73 bits per heavy atom. The molecule has 7 heteroatoms. The highest BCUT2D eigenvalue weighted by Crippen LogP contribution is 2.33. The monoisotopic (exact) mass is 428 g/mol. The molecule has 4 rings (SSSR count). The maximum absolute atomic E-state index is 13.3. The molecule has 2 aromatic carbocycles. The topological polar surface area (TPSA) is 66.9 Å². The number of benzene rings is 2. The van der Waals surface area contributed by atoms with E-state index in [1.807, 2.05) is 42.2 Å². The number of sulfonamides is 1. The van der Waals surface area contributed by atoms with Gasteiger partial charge in [-0.2, -0.15) is 4.31 Å². The van der Waals surface area contributed by atoms with Gasteiger partial charge in [-0.25, -0.2) is 8.42 Å². The van der Waals surface area contributed by atoms with E-state index in [1.165, 1.54) is 4.31 Å². The summed E-state index contributed by atoms with van der Waals surface area (Å²) in [5.74, 6) is 0.758. The SMILES string of the molecule is COc1ccc2c(c1)CCCN2C(=O)C1CCN(S(=O)(=O)c2ccc(C)cc2)CC1. The van der Waals surface area contributed by atoms with Crippen LogP contribution in [-0.2, 0) is 21.2 Å². The Morgan fingerprint density at radius 3 is 2.40 bits per heavy atom. The second-order valence-electron chi connectivity index (χ2n) is 8.08. The fraction of sp³-hybridized carbons (Fsp3) is 0.435. The normalized spacial score (nSPS) is 18.1. The highest BCUT2D eigenvalue weighted by Gasteiger charge is 2.35. The Bertz CT molecular complexity index is 1030. The molecule has 0 unspecified atom stereocenters. The van der Waals surface area contributed by atoms with Gasteiger partial charge in [0.15, 0.2) is 0 Å². The van der Waals surface area contributed by atoms with Crippen molar-refractivity contribution in [3.8, 4) is 5.75 Å². The van der Waals surface area contributed by atoms with E-state index in [4.69, 9.17) is 4.74 Å². The van der Waals surface area contributed by atoms with Gasteiger partial charge in [-0.1, -0.05) is 17.7 Å².